The van der Waals surface area contributed by atoms with Gasteiger partial charge in [-0.2, -0.15) is 0 Å². The van der Waals surface area contributed by atoms with Gasteiger partial charge < -0.3 is 14.9 Å². The summed E-state index contributed by atoms with van der Waals surface area (Å²) in [5.74, 6) is -0.124. The summed E-state index contributed by atoms with van der Waals surface area (Å²) in [5, 5.41) is 8.98. The van der Waals surface area contributed by atoms with E-state index in [0.717, 1.165) is 52.0 Å². The molecule has 23 heavy (non-hydrogen) atoms. The highest BCUT2D eigenvalue weighted by Crippen LogP contribution is 2.27. The molecule has 5 nitrogen and oxygen atoms in total. The van der Waals surface area contributed by atoms with Gasteiger partial charge in [-0.3, -0.25) is 4.79 Å². The number of amides is 1. The lowest BCUT2D eigenvalue weighted by atomic mass is 9.90. The third-order valence-electron chi connectivity index (χ3n) is 4.99. The highest BCUT2D eigenvalue weighted by atomic mass is 16.4. The lowest BCUT2D eigenvalue weighted by Crippen LogP contribution is -2.40. The average Bonchev–Trinajstić information content (AvgIpc) is 2.98. The Labute approximate surface area is 136 Å². The van der Waals surface area contributed by atoms with Crippen LogP contribution in [0.5, 0.6) is 0 Å². The molecule has 2 aliphatic heterocycles. The highest BCUT2D eigenvalue weighted by Gasteiger charge is 2.24. The molecule has 1 aromatic rings. The Kier molecular flexibility index (Phi) is 4.96. The van der Waals surface area contributed by atoms with Gasteiger partial charge in [0.25, 0.3) is 0 Å². The van der Waals surface area contributed by atoms with Gasteiger partial charge in [0.2, 0.25) is 5.91 Å². The number of likely N-dealkylation sites (tertiary alicyclic amines) is 2. The number of piperidine rings is 1. The maximum atomic E-state index is 11.7. The van der Waals surface area contributed by atoms with Crippen molar-refractivity contribution in [3.63, 3.8) is 0 Å². The molecule has 1 amide bonds. The smallest absolute Gasteiger partial charge is 0.335 e. The van der Waals surface area contributed by atoms with Crippen molar-refractivity contribution in [2.45, 2.75) is 31.6 Å². The molecular weight excluding hydrogens is 292 g/mol. The molecule has 2 saturated heterocycles. The Morgan fingerprint density at radius 2 is 1.91 bits per heavy atom. The van der Waals surface area contributed by atoms with E-state index in [0.29, 0.717) is 23.8 Å². The minimum Gasteiger partial charge on any atom is -0.478 e. The molecule has 1 aromatic carbocycles. The van der Waals surface area contributed by atoms with E-state index in [9.17, 15) is 9.59 Å². The van der Waals surface area contributed by atoms with Crippen molar-refractivity contribution >= 4 is 11.9 Å². The Hall–Kier alpha value is -1.88. The first-order chi connectivity index (χ1) is 11.1. The van der Waals surface area contributed by atoms with Gasteiger partial charge in [-0.05, 0) is 49.4 Å². The number of hydrogen-bond donors (Lipinski definition) is 1. The summed E-state index contributed by atoms with van der Waals surface area (Å²) in [4.78, 5) is 27.0. The van der Waals surface area contributed by atoms with Crippen LogP contribution in [0.2, 0.25) is 0 Å². The normalized spacial score (nSPS) is 22.5. The first kappa shape index (κ1) is 16.0. The van der Waals surface area contributed by atoms with Crippen molar-refractivity contribution in [3.05, 3.63) is 35.4 Å². The van der Waals surface area contributed by atoms with Gasteiger partial charge in [0.05, 0.1) is 5.56 Å². The Bertz CT molecular complexity index is 570. The van der Waals surface area contributed by atoms with E-state index >= 15 is 0 Å². The quantitative estimate of drug-likeness (QED) is 0.904. The molecule has 0 aliphatic carbocycles. The van der Waals surface area contributed by atoms with Crippen LogP contribution in [0.4, 0.5) is 0 Å². The van der Waals surface area contributed by atoms with Crippen LogP contribution in [0, 0.1) is 0 Å². The monoisotopic (exact) mass is 316 g/mol. The van der Waals surface area contributed by atoms with Gasteiger partial charge in [0, 0.05) is 32.6 Å². The van der Waals surface area contributed by atoms with Crippen LogP contribution in [0.15, 0.2) is 24.3 Å². The molecule has 2 aliphatic rings. The number of carbonyl (C=O) groups is 2. The molecule has 0 spiro atoms. The van der Waals surface area contributed by atoms with Crippen LogP contribution in [0.25, 0.3) is 0 Å². The van der Waals surface area contributed by atoms with Crippen LogP contribution in [0.1, 0.15) is 47.5 Å². The van der Waals surface area contributed by atoms with E-state index in [1.807, 2.05) is 17.0 Å². The zero-order chi connectivity index (χ0) is 16.2. The number of carboxylic acids is 1. The van der Waals surface area contributed by atoms with Crippen molar-refractivity contribution < 1.29 is 14.7 Å². The number of carbonyl (C=O) groups excluding carboxylic acids is 1. The van der Waals surface area contributed by atoms with Gasteiger partial charge in [-0.15, -0.1) is 0 Å². The van der Waals surface area contributed by atoms with E-state index in [2.05, 4.69) is 4.90 Å². The fourth-order valence-electron chi connectivity index (χ4n) is 3.63. The molecule has 5 heteroatoms. The lowest BCUT2D eigenvalue weighted by molar-refractivity contribution is -0.127. The first-order valence-corrected chi connectivity index (χ1v) is 8.47. The molecule has 0 aromatic heterocycles. The number of rotatable bonds is 5. The fourth-order valence-corrected chi connectivity index (χ4v) is 3.63. The molecule has 0 radical (unpaired) electrons. The Morgan fingerprint density at radius 1 is 1.13 bits per heavy atom. The lowest BCUT2D eigenvalue weighted by Gasteiger charge is -2.34. The maximum Gasteiger partial charge on any atom is 0.335 e. The number of carboxylic acid groups (broad SMARTS) is 1. The van der Waals surface area contributed by atoms with Gasteiger partial charge in [-0.25, -0.2) is 4.79 Å². The van der Waals surface area contributed by atoms with Crippen molar-refractivity contribution in [2.24, 2.45) is 0 Å². The molecule has 0 saturated carbocycles. The number of nitrogens with zero attached hydrogens (tertiary/aromatic N) is 2. The van der Waals surface area contributed by atoms with Gasteiger partial charge in [0.15, 0.2) is 0 Å². The van der Waals surface area contributed by atoms with Crippen LogP contribution >= 0.6 is 0 Å². The zero-order valence-corrected chi connectivity index (χ0v) is 13.4. The van der Waals surface area contributed by atoms with E-state index in [1.54, 1.807) is 12.1 Å². The average molecular weight is 316 g/mol. The second-order valence-corrected chi connectivity index (χ2v) is 6.55. The van der Waals surface area contributed by atoms with E-state index in [4.69, 9.17) is 5.11 Å². The first-order valence-electron chi connectivity index (χ1n) is 8.47. The molecular formula is C18H24N2O3. The van der Waals surface area contributed by atoms with Crippen LogP contribution in [-0.2, 0) is 4.79 Å². The predicted octanol–water partition coefficient (Wildman–Crippen LogP) is 2.19. The summed E-state index contributed by atoms with van der Waals surface area (Å²) in [5.41, 5.74) is 1.56. The molecule has 2 heterocycles. The van der Waals surface area contributed by atoms with Crippen molar-refractivity contribution in [2.75, 3.05) is 32.7 Å². The maximum absolute atomic E-state index is 11.7. The van der Waals surface area contributed by atoms with E-state index in [1.165, 1.54) is 5.56 Å². The summed E-state index contributed by atoms with van der Waals surface area (Å²) in [6.07, 6.45) is 4.00. The zero-order valence-electron chi connectivity index (χ0n) is 13.4. The minimum atomic E-state index is -0.878. The Balaban J connectivity index is 1.55. The summed E-state index contributed by atoms with van der Waals surface area (Å²) in [7, 11) is 0. The molecule has 0 unspecified atom stereocenters. The molecule has 2 fully saturated rings. The summed E-state index contributed by atoms with van der Waals surface area (Å²) in [6.45, 7) is 4.77. The summed E-state index contributed by atoms with van der Waals surface area (Å²) >= 11 is 0. The van der Waals surface area contributed by atoms with Crippen molar-refractivity contribution in [1.29, 1.82) is 0 Å². The van der Waals surface area contributed by atoms with Crippen LogP contribution in [-0.4, -0.2) is 59.5 Å². The van der Waals surface area contributed by atoms with Gasteiger partial charge in [0.1, 0.15) is 0 Å². The SMILES string of the molecule is O=C(O)c1ccc([C@@H]2CCCN(CCN3CCCC3=O)C2)cc1. The second-order valence-electron chi connectivity index (χ2n) is 6.55. The van der Waals surface area contributed by atoms with Gasteiger partial charge in [-0.1, -0.05) is 12.1 Å². The second kappa shape index (κ2) is 7.13. The van der Waals surface area contributed by atoms with Crippen LogP contribution < -0.4 is 0 Å². The third kappa shape index (κ3) is 3.91. The molecule has 3 rings (SSSR count). The molecule has 0 bridgehead atoms. The number of hydrogen-bond acceptors (Lipinski definition) is 3. The molecule has 124 valence electrons. The third-order valence-corrected chi connectivity index (χ3v) is 4.99. The topological polar surface area (TPSA) is 60.9 Å². The molecule has 1 N–H and O–H groups in total. The standard InChI is InChI=1S/C18H24N2O3/c21-17-4-2-10-20(17)12-11-19-9-1-3-16(13-19)14-5-7-15(8-6-14)18(22)23/h5-8,16H,1-4,9-13H2,(H,22,23)/t16-/m1/s1. The fraction of sp³-hybridized carbons (Fsp3) is 0.556. The van der Waals surface area contributed by atoms with E-state index < -0.39 is 5.97 Å². The Morgan fingerprint density at radius 3 is 2.57 bits per heavy atom. The van der Waals surface area contributed by atoms with Crippen LogP contribution in [0.3, 0.4) is 0 Å². The predicted molar refractivity (Wildman–Crippen MR) is 87.6 cm³/mol. The van der Waals surface area contributed by atoms with E-state index in [-0.39, 0.29) is 0 Å². The van der Waals surface area contributed by atoms with Crippen molar-refractivity contribution in [1.82, 2.24) is 9.80 Å². The summed E-state index contributed by atoms with van der Waals surface area (Å²) in [6, 6.07) is 7.28. The number of benzene rings is 1. The van der Waals surface area contributed by atoms with Crippen molar-refractivity contribution in [3.8, 4) is 0 Å². The minimum absolute atomic E-state index is 0.294. The largest absolute Gasteiger partial charge is 0.478 e. The molecule has 1 atom stereocenters. The summed E-state index contributed by atoms with van der Waals surface area (Å²) < 4.78 is 0. The van der Waals surface area contributed by atoms with Gasteiger partial charge >= 0.3 is 5.97 Å². The number of aromatic carboxylic acids is 1. The highest BCUT2D eigenvalue weighted by molar-refractivity contribution is 5.87.